The standard InChI is InChI=1S/C8H7Cl2O2S/c1-13(11,12)5-6-7(9)3-2-4-8(6)10/h2-5H,1H3. The van der Waals surface area contributed by atoms with E-state index in [0.717, 1.165) is 12.0 Å². The Hall–Kier alpha value is -0.250. The third-order valence-corrected chi connectivity index (χ3v) is 2.65. The molecule has 13 heavy (non-hydrogen) atoms. The van der Waals surface area contributed by atoms with Crippen LogP contribution in [-0.2, 0) is 9.84 Å². The second-order valence-electron chi connectivity index (χ2n) is 2.58. The molecule has 0 saturated heterocycles. The van der Waals surface area contributed by atoms with E-state index in [2.05, 4.69) is 0 Å². The molecule has 0 heterocycles. The van der Waals surface area contributed by atoms with Crippen molar-refractivity contribution in [3.05, 3.63) is 39.6 Å². The first-order valence-electron chi connectivity index (χ1n) is 3.39. The van der Waals surface area contributed by atoms with Gasteiger partial charge >= 0.3 is 0 Å². The Labute approximate surface area is 87.4 Å². The van der Waals surface area contributed by atoms with E-state index in [9.17, 15) is 8.42 Å². The highest BCUT2D eigenvalue weighted by Crippen LogP contribution is 2.26. The zero-order chi connectivity index (χ0) is 10.1. The Bertz CT molecular complexity index is 392. The smallest absolute Gasteiger partial charge is 0.156 e. The third-order valence-electron chi connectivity index (χ3n) is 1.33. The molecule has 1 aromatic carbocycles. The van der Waals surface area contributed by atoms with Gasteiger partial charge in [0.1, 0.15) is 5.75 Å². The van der Waals surface area contributed by atoms with Crippen molar-refractivity contribution in [2.75, 3.05) is 6.26 Å². The number of benzene rings is 1. The zero-order valence-corrected chi connectivity index (χ0v) is 9.12. The molecule has 0 aliphatic carbocycles. The molecular formula is C8H7Cl2O2S. The van der Waals surface area contributed by atoms with E-state index in [1.165, 1.54) is 0 Å². The summed E-state index contributed by atoms with van der Waals surface area (Å²) in [6.07, 6.45) is 1.09. The van der Waals surface area contributed by atoms with Gasteiger partial charge in [-0.1, -0.05) is 29.3 Å². The summed E-state index contributed by atoms with van der Waals surface area (Å²) in [6.45, 7) is 0. The largest absolute Gasteiger partial charge is 0.228 e. The third kappa shape index (κ3) is 3.18. The molecule has 1 rings (SSSR count). The lowest BCUT2D eigenvalue weighted by molar-refractivity contribution is 0.608. The van der Waals surface area contributed by atoms with Gasteiger partial charge < -0.3 is 0 Å². The van der Waals surface area contributed by atoms with E-state index in [1.807, 2.05) is 0 Å². The Morgan fingerprint density at radius 3 is 2.08 bits per heavy atom. The first kappa shape index (κ1) is 10.8. The SMILES string of the molecule is CS(=O)(=O)[CH]c1c(Cl)cccc1Cl. The van der Waals surface area contributed by atoms with Crippen LogP contribution in [0.5, 0.6) is 0 Å². The van der Waals surface area contributed by atoms with Crippen molar-refractivity contribution in [1.82, 2.24) is 0 Å². The van der Waals surface area contributed by atoms with Gasteiger partial charge in [0.15, 0.2) is 9.84 Å². The molecule has 2 nitrogen and oxygen atoms in total. The molecule has 0 unspecified atom stereocenters. The van der Waals surface area contributed by atoms with E-state index in [4.69, 9.17) is 23.2 Å². The van der Waals surface area contributed by atoms with Gasteiger partial charge in [0, 0.05) is 21.9 Å². The number of halogens is 2. The first-order chi connectivity index (χ1) is 5.90. The fourth-order valence-electron chi connectivity index (χ4n) is 0.837. The topological polar surface area (TPSA) is 34.1 Å². The number of sulfone groups is 1. The number of hydrogen-bond donors (Lipinski definition) is 0. The predicted octanol–water partition coefficient (Wildman–Crippen LogP) is 2.55. The molecule has 1 radical (unpaired) electrons. The number of hydrogen-bond acceptors (Lipinski definition) is 2. The molecule has 0 bridgehead atoms. The van der Waals surface area contributed by atoms with Crippen LogP contribution >= 0.6 is 23.2 Å². The molecule has 71 valence electrons. The van der Waals surface area contributed by atoms with Crippen LogP contribution in [0.25, 0.3) is 0 Å². The normalized spacial score (nSPS) is 11.6. The summed E-state index contributed by atoms with van der Waals surface area (Å²) < 4.78 is 21.9. The van der Waals surface area contributed by atoms with Crippen LogP contribution in [0, 0.1) is 5.75 Å². The lowest BCUT2D eigenvalue weighted by atomic mass is 10.2. The fraction of sp³-hybridized carbons (Fsp3) is 0.125. The summed E-state index contributed by atoms with van der Waals surface area (Å²) >= 11 is 11.5. The maximum atomic E-state index is 10.9. The van der Waals surface area contributed by atoms with Gasteiger partial charge in [0.05, 0.1) is 0 Å². The van der Waals surface area contributed by atoms with Crippen LogP contribution in [0.2, 0.25) is 10.0 Å². The van der Waals surface area contributed by atoms with E-state index in [-0.39, 0.29) is 0 Å². The van der Waals surface area contributed by atoms with Crippen molar-refractivity contribution < 1.29 is 8.42 Å². The lowest BCUT2D eigenvalue weighted by Gasteiger charge is -2.03. The van der Waals surface area contributed by atoms with Crippen molar-refractivity contribution in [3.8, 4) is 0 Å². The minimum Gasteiger partial charge on any atom is -0.228 e. The van der Waals surface area contributed by atoms with Crippen LogP contribution < -0.4 is 0 Å². The summed E-state index contributed by atoms with van der Waals surface area (Å²) in [6, 6.07) is 4.83. The predicted molar refractivity (Wildman–Crippen MR) is 54.7 cm³/mol. The van der Waals surface area contributed by atoms with Gasteiger partial charge in [-0.15, -0.1) is 0 Å². The van der Waals surface area contributed by atoms with Gasteiger partial charge in [0.25, 0.3) is 0 Å². The molecule has 0 amide bonds. The summed E-state index contributed by atoms with van der Waals surface area (Å²) in [7, 11) is -3.22. The molecule has 0 fully saturated rings. The van der Waals surface area contributed by atoms with Crippen molar-refractivity contribution in [2.45, 2.75) is 0 Å². The molecule has 0 aliphatic heterocycles. The maximum Gasteiger partial charge on any atom is 0.156 e. The van der Waals surface area contributed by atoms with Gasteiger partial charge in [-0.25, -0.2) is 8.42 Å². The van der Waals surface area contributed by atoms with E-state index in [1.54, 1.807) is 18.2 Å². The summed E-state index contributed by atoms with van der Waals surface area (Å²) in [5.41, 5.74) is 0.341. The highest BCUT2D eigenvalue weighted by molar-refractivity contribution is 7.92. The highest BCUT2D eigenvalue weighted by atomic mass is 35.5. The van der Waals surface area contributed by atoms with Gasteiger partial charge in [-0.3, -0.25) is 0 Å². The van der Waals surface area contributed by atoms with Gasteiger partial charge in [-0.2, -0.15) is 0 Å². The Morgan fingerprint density at radius 1 is 1.23 bits per heavy atom. The minimum atomic E-state index is -3.22. The van der Waals surface area contributed by atoms with Crippen LogP contribution in [0.15, 0.2) is 18.2 Å². The Balaban J connectivity index is 3.15. The molecule has 0 aromatic heterocycles. The number of rotatable bonds is 2. The van der Waals surface area contributed by atoms with Crippen LogP contribution in [0.4, 0.5) is 0 Å². The molecule has 5 heteroatoms. The van der Waals surface area contributed by atoms with Crippen LogP contribution in [0.3, 0.4) is 0 Å². The molecule has 0 saturated carbocycles. The summed E-state index contributed by atoms with van der Waals surface area (Å²) in [4.78, 5) is 0. The second kappa shape index (κ2) is 3.86. The second-order valence-corrected chi connectivity index (χ2v) is 5.29. The van der Waals surface area contributed by atoms with Crippen molar-refractivity contribution >= 4 is 33.0 Å². The molecule has 0 N–H and O–H groups in total. The molecule has 0 spiro atoms. The Kier molecular flexibility index (Phi) is 3.22. The van der Waals surface area contributed by atoms with E-state index >= 15 is 0 Å². The Morgan fingerprint density at radius 2 is 1.69 bits per heavy atom. The van der Waals surface area contributed by atoms with E-state index in [0.29, 0.717) is 15.6 Å². The molecule has 0 aliphatic rings. The maximum absolute atomic E-state index is 10.9. The van der Waals surface area contributed by atoms with Crippen molar-refractivity contribution in [2.24, 2.45) is 0 Å². The molecule has 0 atom stereocenters. The summed E-state index contributed by atoms with van der Waals surface area (Å²) in [5.74, 6) is 1.05. The fourth-order valence-corrected chi connectivity index (χ4v) is 2.16. The first-order valence-corrected chi connectivity index (χ1v) is 6.10. The van der Waals surface area contributed by atoms with Crippen LogP contribution in [-0.4, -0.2) is 14.7 Å². The lowest BCUT2D eigenvalue weighted by Crippen LogP contribution is -1.98. The van der Waals surface area contributed by atoms with Crippen molar-refractivity contribution in [1.29, 1.82) is 0 Å². The van der Waals surface area contributed by atoms with E-state index < -0.39 is 9.84 Å². The minimum absolute atomic E-state index is 0.331. The summed E-state index contributed by atoms with van der Waals surface area (Å²) in [5, 5.41) is 0.663. The quantitative estimate of drug-likeness (QED) is 0.793. The average Bonchev–Trinajstić information content (AvgIpc) is 1.95. The molecular weight excluding hydrogens is 231 g/mol. The van der Waals surface area contributed by atoms with Crippen molar-refractivity contribution in [3.63, 3.8) is 0 Å². The van der Waals surface area contributed by atoms with Gasteiger partial charge in [-0.05, 0) is 12.1 Å². The average molecular weight is 238 g/mol. The van der Waals surface area contributed by atoms with Gasteiger partial charge in [0.2, 0.25) is 0 Å². The zero-order valence-electron chi connectivity index (χ0n) is 6.79. The molecule has 1 aromatic rings. The highest BCUT2D eigenvalue weighted by Gasteiger charge is 2.12. The van der Waals surface area contributed by atoms with Crippen LogP contribution in [0.1, 0.15) is 5.56 Å². The monoisotopic (exact) mass is 237 g/mol.